The third-order valence-corrected chi connectivity index (χ3v) is 7.40. The number of Topliss-reactive ketones (excluding diaryl/α,β-unsaturated/α-hetero) is 1. The summed E-state index contributed by atoms with van der Waals surface area (Å²) in [6.45, 7) is 2.70. The fraction of sp³-hybridized carbons (Fsp3) is 0.207. The van der Waals surface area contributed by atoms with Crippen molar-refractivity contribution in [1.29, 1.82) is 0 Å². The fourth-order valence-corrected chi connectivity index (χ4v) is 5.43. The molecule has 2 aromatic carbocycles. The third kappa shape index (κ3) is 5.10. The smallest absolute Gasteiger partial charge is 0.335 e. The zero-order valence-corrected chi connectivity index (χ0v) is 21.9. The molecule has 1 atom stereocenters. The van der Waals surface area contributed by atoms with E-state index in [1.165, 1.54) is 23.2 Å². The number of aliphatic hydroxyl groups excluding tert-OH is 1. The molecular weight excluding hydrogens is 518 g/mol. The number of anilines is 1. The van der Waals surface area contributed by atoms with Crippen LogP contribution in [0, 0.1) is 0 Å². The minimum Gasteiger partial charge on any atom is -0.507 e. The number of carbonyl (C=O) groups excluding carboxylic acids is 2. The number of aromatic carboxylic acids is 1. The van der Waals surface area contributed by atoms with Crippen LogP contribution >= 0.6 is 11.3 Å². The van der Waals surface area contributed by atoms with Gasteiger partial charge in [-0.25, -0.2) is 9.78 Å². The molecule has 0 saturated carbocycles. The van der Waals surface area contributed by atoms with E-state index in [-0.39, 0.29) is 22.0 Å². The third-order valence-electron chi connectivity index (χ3n) is 6.39. The lowest BCUT2D eigenvalue weighted by molar-refractivity contribution is -0.132. The van der Waals surface area contributed by atoms with Gasteiger partial charge in [0.2, 0.25) is 0 Å². The predicted octanol–water partition coefficient (Wildman–Crippen LogP) is 5.58. The highest BCUT2D eigenvalue weighted by Gasteiger charge is 2.48. The van der Waals surface area contributed by atoms with Crippen molar-refractivity contribution in [2.24, 2.45) is 0 Å². The number of ketones is 1. The van der Waals surface area contributed by atoms with Crippen LogP contribution in [0.1, 0.15) is 53.8 Å². The molecule has 2 N–H and O–H groups in total. The molecule has 3 heterocycles. The Hall–Kier alpha value is -4.57. The van der Waals surface area contributed by atoms with Crippen LogP contribution in [0.4, 0.5) is 5.13 Å². The first-order valence-corrected chi connectivity index (χ1v) is 13.3. The van der Waals surface area contributed by atoms with E-state index in [2.05, 4.69) is 16.9 Å². The minimum absolute atomic E-state index is 0.0822. The lowest BCUT2D eigenvalue weighted by atomic mass is 9.98. The molecule has 1 unspecified atom stereocenters. The van der Waals surface area contributed by atoms with Crippen molar-refractivity contribution in [3.8, 4) is 5.75 Å². The molecule has 10 heteroatoms. The molecule has 5 rings (SSSR count). The summed E-state index contributed by atoms with van der Waals surface area (Å²) in [5.41, 5.74) is 1.18. The van der Waals surface area contributed by atoms with Gasteiger partial charge < -0.3 is 14.9 Å². The highest BCUT2D eigenvalue weighted by Crippen LogP contribution is 2.43. The van der Waals surface area contributed by atoms with Crippen molar-refractivity contribution in [1.82, 2.24) is 9.97 Å². The van der Waals surface area contributed by atoms with Crippen LogP contribution in [-0.2, 0) is 9.59 Å². The van der Waals surface area contributed by atoms with E-state index in [4.69, 9.17) is 4.74 Å². The summed E-state index contributed by atoms with van der Waals surface area (Å²) in [4.78, 5) is 48.2. The number of carboxylic acid groups (broad SMARTS) is 1. The number of thiazole rings is 1. The maximum absolute atomic E-state index is 13.4. The Morgan fingerprint density at radius 1 is 1.03 bits per heavy atom. The van der Waals surface area contributed by atoms with Crippen LogP contribution in [0.3, 0.4) is 0 Å². The van der Waals surface area contributed by atoms with Gasteiger partial charge in [0.05, 0.1) is 33.7 Å². The molecule has 0 aliphatic carbocycles. The first-order valence-electron chi connectivity index (χ1n) is 12.5. The molecule has 0 spiro atoms. The van der Waals surface area contributed by atoms with Crippen molar-refractivity contribution in [2.45, 2.75) is 32.2 Å². The van der Waals surface area contributed by atoms with E-state index in [0.29, 0.717) is 33.8 Å². The number of nitrogens with zero attached hydrogens (tertiary/aromatic N) is 3. The van der Waals surface area contributed by atoms with E-state index in [9.17, 15) is 24.6 Å². The molecule has 1 amide bonds. The van der Waals surface area contributed by atoms with Crippen LogP contribution < -0.4 is 9.64 Å². The molecule has 39 heavy (non-hydrogen) atoms. The van der Waals surface area contributed by atoms with E-state index >= 15 is 0 Å². The van der Waals surface area contributed by atoms with Gasteiger partial charge in [-0.2, -0.15) is 0 Å². The monoisotopic (exact) mass is 543 g/mol. The number of carbonyl (C=O) groups is 3. The first-order chi connectivity index (χ1) is 18.9. The number of hydrogen-bond acceptors (Lipinski definition) is 8. The number of carboxylic acids is 1. The van der Waals surface area contributed by atoms with E-state index in [1.54, 1.807) is 48.5 Å². The van der Waals surface area contributed by atoms with Gasteiger partial charge in [0, 0.05) is 11.8 Å². The minimum atomic E-state index is -1.09. The van der Waals surface area contributed by atoms with Gasteiger partial charge >= 0.3 is 11.9 Å². The lowest BCUT2D eigenvalue weighted by Gasteiger charge is -2.21. The van der Waals surface area contributed by atoms with Gasteiger partial charge in [-0.15, -0.1) is 0 Å². The summed E-state index contributed by atoms with van der Waals surface area (Å²) in [6, 6.07) is 15.2. The second-order valence-corrected chi connectivity index (χ2v) is 10.00. The molecule has 198 valence electrons. The largest absolute Gasteiger partial charge is 0.507 e. The molecule has 4 aromatic rings. The Morgan fingerprint density at radius 3 is 2.49 bits per heavy atom. The first kappa shape index (κ1) is 26.1. The second-order valence-electron chi connectivity index (χ2n) is 8.99. The number of rotatable bonds is 9. The summed E-state index contributed by atoms with van der Waals surface area (Å²) in [7, 11) is 0. The summed E-state index contributed by atoms with van der Waals surface area (Å²) in [5, 5.41) is 20.8. The Bertz CT molecular complexity index is 1580. The predicted molar refractivity (Wildman–Crippen MR) is 147 cm³/mol. The molecule has 0 bridgehead atoms. The van der Waals surface area contributed by atoms with Crippen LogP contribution in [0.2, 0.25) is 0 Å². The molecular formula is C29H25N3O6S. The topological polar surface area (TPSA) is 130 Å². The van der Waals surface area contributed by atoms with E-state index < -0.39 is 23.7 Å². The van der Waals surface area contributed by atoms with Crippen molar-refractivity contribution >= 4 is 50.1 Å². The summed E-state index contributed by atoms with van der Waals surface area (Å²) < 4.78 is 6.29. The Balaban J connectivity index is 1.56. The molecule has 1 fully saturated rings. The number of benzene rings is 2. The van der Waals surface area contributed by atoms with Crippen LogP contribution in [0.25, 0.3) is 16.0 Å². The number of ether oxygens (including phenoxy) is 1. The van der Waals surface area contributed by atoms with Gasteiger partial charge in [-0.1, -0.05) is 37.2 Å². The normalized spacial score (nSPS) is 16.6. The number of fused-ring (bicyclic) bond motifs is 1. The maximum Gasteiger partial charge on any atom is 0.335 e. The number of hydrogen-bond donors (Lipinski definition) is 2. The highest BCUT2D eigenvalue weighted by atomic mass is 32.1. The molecule has 9 nitrogen and oxygen atoms in total. The quantitative estimate of drug-likeness (QED) is 0.121. The van der Waals surface area contributed by atoms with Gasteiger partial charge in [-0.05, 0) is 61.0 Å². The number of unbranched alkanes of at least 4 members (excludes halogenated alkanes) is 2. The van der Waals surface area contributed by atoms with Gasteiger partial charge in [-0.3, -0.25) is 19.5 Å². The zero-order chi connectivity index (χ0) is 27.5. The highest BCUT2D eigenvalue weighted by molar-refractivity contribution is 7.22. The molecule has 1 aliphatic heterocycles. The average Bonchev–Trinajstić information content (AvgIpc) is 3.49. The van der Waals surface area contributed by atoms with Crippen LogP contribution in [0.5, 0.6) is 5.75 Å². The number of pyridine rings is 1. The van der Waals surface area contributed by atoms with E-state index in [1.807, 2.05) is 0 Å². The van der Waals surface area contributed by atoms with E-state index in [0.717, 1.165) is 30.6 Å². The fourth-order valence-electron chi connectivity index (χ4n) is 4.40. The standard InChI is InChI=1S/C29H25N3O6S/c1-2-3-6-15-38-19-11-8-17(9-12-19)25(33)23-24(21-7-4-5-14-30-21)32(27(35)26(23)34)29-31-20-13-10-18(28(36)37)16-22(20)39-29/h4-5,7-14,16,24,33H,2-3,6,15H2,1H3,(H,36,37)/b25-23+. The molecule has 1 saturated heterocycles. The summed E-state index contributed by atoms with van der Waals surface area (Å²) >= 11 is 1.08. The van der Waals surface area contributed by atoms with Crippen LogP contribution in [0.15, 0.2) is 72.4 Å². The summed E-state index contributed by atoms with van der Waals surface area (Å²) in [6.07, 6.45) is 4.64. The van der Waals surface area contributed by atoms with Crippen molar-refractivity contribution in [3.63, 3.8) is 0 Å². The average molecular weight is 544 g/mol. The second kappa shape index (κ2) is 11.0. The number of aromatic nitrogens is 2. The van der Waals surface area contributed by atoms with Gasteiger partial charge in [0.1, 0.15) is 17.6 Å². The SMILES string of the molecule is CCCCCOc1ccc(/C(O)=C2\C(=O)C(=O)N(c3nc4ccc(C(=O)O)cc4s3)C2c2ccccn2)cc1. The maximum atomic E-state index is 13.4. The van der Waals surface area contributed by atoms with Crippen LogP contribution in [-0.4, -0.2) is 44.4 Å². The lowest BCUT2D eigenvalue weighted by Crippen LogP contribution is -2.29. The molecule has 0 radical (unpaired) electrons. The van der Waals surface area contributed by atoms with Gasteiger partial charge in [0.15, 0.2) is 5.13 Å². The Morgan fingerprint density at radius 2 is 1.79 bits per heavy atom. The van der Waals surface area contributed by atoms with Crippen molar-refractivity contribution in [2.75, 3.05) is 11.5 Å². The zero-order valence-electron chi connectivity index (χ0n) is 21.0. The Kier molecular flexibility index (Phi) is 7.38. The molecule has 1 aliphatic rings. The Labute approximate surface area is 228 Å². The summed E-state index contributed by atoms with van der Waals surface area (Å²) in [5.74, 6) is -2.51. The van der Waals surface area contributed by atoms with Crippen molar-refractivity contribution in [3.05, 3.63) is 89.3 Å². The van der Waals surface area contributed by atoms with Gasteiger partial charge in [0.25, 0.3) is 5.78 Å². The molecule has 2 aromatic heterocycles. The number of amides is 1. The van der Waals surface area contributed by atoms with Crippen molar-refractivity contribution < 1.29 is 29.3 Å². The number of aliphatic hydroxyl groups is 1.